The maximum atomic E-state index is 12.5. The molecule has 5 nitrogen and oxygen atoms in total. The van der Waals surface area contributed by atoms with Gasteiger partial charge in [-0.3, -0.25) is 9.48 Å². The molecule has 1 N–H and O–H groups in total. The number of aryl methyl sites for hydroxylation is 2. The summed E-state index contributed by atoms with van der Waals surface area (Å²) in [4.78, 5) is 11.9. The standard InChI is InChI=1S/C18H22F3N3O2/c1-12-16(13(2)24(3)23-12)8-9-17(25)22-10-11-26-15-6-4-14(5-7-15)18(19,20)21/h4-7H,8-11H2,1-3H3,(H,22,25). The second-order valence-corrected chi connectivity index (χ2v) is 5.99. The summed E-state index contributed by atoms with van der Waals surface area (Å²) in [6, 6.07) is 4.45. The quantitative estimate of drug-likeness (QED) is 0.763. The van der Waals surface area contributed by atoms with Crippen molar-refractivity contribution in [2.45, 2.75) is 32.9 Å². The largest absolute Gasteiger partial charge is 0.492 e. The first-order chi connectivity index (χ1) is 12.2. The van der Waals surface area contributed by atoms with Crippen LogP contribution < -0.4 is 10.1 Å². The minimum Gasteiger partial charge on any atom is -0.492 e. The van der Waals surface area contributed by atoms with Crippen LogP contribution in [-0.4, -0.2) is 28.8 Å². The Morgan fingerprint density at radius 3 is 2.42 bits per heavy atom. The summed E-state index contributed by atoms with van der Waals surface area (Å²) in [5.74, 6) is 0.220. The smallest absolute Gasteiger partial charge is 0.416 e. The van der Waals surface area contributed by atoms with Gasteiger partial charge in [0.1, 0.15) is 12.4 Å². The molecule has 0 fully saturated rings. The van der Waals surface area contributed by atoms with E-state index in [1.807, 2.05) is 20.9 Å². The average Bonchev–Trinajstić information content (AvgIpc) is 2.82. The van der Waals surface area contributed by atoms with Crippen molar-refractivity contribution in [3.63, 3.8) is 0 Å². The molecular formula is C18H22F3N3O2. The van der Waals surface area contributed by atoms with Gasteiger partial charge < -0.3 is 10.1 Å². The van der Waals surface area contributed by atoms with Gasteiger partial charge in [0, 0.05) is 19.2 Å². The third kappa shape index (κ3) is 5.24. The van der Waals surface area contributed by atoms with Gasteiger partial charge in [-0.15, -0.1) is 0 Å². The number of carbonyl (C=O) groups is 1. The summed E-state index contributed by atoms with van der Waals surface area (Å²) in [6.45, 7) is 4.34. The van der Waals surface area contributed by atoms with Crippen LogP contribution in [0.5, 0.6) is 5.75 Å². The van der Waals surface area contributed by atoms with Crippen molar-refractivity contribution in [2.24, 2.45) is 7.05 Å². The molecule has 0 spiro atoms. The van der Waals surface area contributed by atoms with Crippen molar-refractivity contribution < 1.29 is 22.7 Å². The van der Waals surface area contributed by atoms with Gasteiger partial charge in [-0.2, -0.15) is 18.3 Å². The van der Waals surface area contributed by atoms with Crippen LogP contribution >= 0.6 is 0 Å². The number of alkyl halides is 3. The van der Waals surface area contributed by atoms with E-state index < -0.39 is 11.7 Å². The molecule has 0 saturated heterocycles. The SMILES string of the molecule is Cc1nn(C)c(C)c1CCC(=O)NCCOc1ccc(C(F)(F)F)cc1. The van der Waals surface area contributed by atoms with Gasteiger partial charge in [0.15, 0.2) is 0 Å². The molecule has 0 radical (unpaired) electrons. The van der Waals surface area contributed by atoms with E-state index in [4.69, 9.17) is 4.74 Å². The lowest BCUT2D eigenvalue weighted by Gasteiger charge is -2.10. The first kappa shape index (κ1) is 19.8. The van der Waals surface area contributed by atoms with E-state index in [9.17, 15) is 18.0 Å². The maximum absolute atomic E-state index is 12.5. The van der Waals surface area contributed by atoms with Crippen LogP contribution in [0.4, 0.5) is 13.2 Å². The molecule has 0 unspecified atom stereocenters. The normalized spacial score (nSPS) is 11.5. The Morgan fingerprint density at radius 2 is 1.88 bits per heavy atom. The summed E-state index contributed by atoms with van der Waals surface area (Å²) in [7, 11) is 1.87. The highest BCUT2D eigenvalue weighted by molar-refractivity contribution is 5.76. The molecule has 2 rings (SSSR count). The highest BCUT2D eigenvalue weighted by Gasteiger charge is 2.29. The third-order valence-electron chi connectivity index (χ3n) is 4.14. The summed E-state index contributed by atoms with van der Waals surface area (Å²) >= 11 is 0. The molecule has 0 atom stereocenters. The number of ether oxygens (including phenoxy) is 1. The predicted molar refractivity (Wildman–Crippen MR) is 91.0 cm³/mol. The molecule has 26 heavy (non-hydrogen) atoms. The van der Waals surface area contributed by atoms with Gasteiger partial charge in [-0.25, -0.2) is 0 Å². The molecule has 1 amide bonds. The second-order valence-electron chi connectivity index (χ2n) is 5.99. The van der Waals surface area contributed by atoms with E-state index in [-0.39, 0.29) is 19.1 Å². The molecular weight excluding hydrogens is 347 g/mol. The molecule has 0 aliphatic heterocycles. The summed E-state index contributed by atoms with van der Waals surface area (Å²) < 4.78 is 44.5. The van der Waals surface area contributed by atoms with Crippen LogP contribution in [-0.2, 0) is 24.4 Å². The highest BCUT2D eigenvalue weighted by Crippen LogP contribution is 2.30. The van der Waals surface area contributed by atoms with E-state index in [2.05, 4.69) is 10.4 Å². The third-order valence-corrected chi connectivity index (χ3v) is 4.14. The number of hydrogen-bond donors (Lipinski definition) is 1. The van der Waals surface area contributed by atoms with Gasteiger partial charge in [-0.1, -0.05) is 0 Å². The van der Waals surface area contributed by atoms with E-state index >= 15 is 0 Å². The fourth-order valence-corrected chi connectivity index (χ4v) is 2.61. The fourth-order valence-electron chi connectivity index (χ4n) is 2.61. The van der Waals surface area contributed by atoms with Crippen LogP contribution in [0, 0.1) is 13.8 Å². The first-order valence-electron chi connectivity index (χ1n) is 8.24. The zero-order valence-corrected chi connectivity index (χ0v) is 15.0. The average molecular weight is 369 g/mol. The first-order valence-corrected chi connectivity index (χ1v) is 8.24. The van der Waals surface area contributed by atoms with Gasteiger partial charge in [0.25, 0.3) is 0 Å². The molecule has 0 aliphatic carbocycles. The van der Waals surface area contributed by atoms with Crippen molar-refractivity contribution >= 4 is 5.91 Å². The summed E-state index contributed by atoms with van der Waals surface area (Å²) in [6.07, 6.45) is -3.41. The highest BCUT2D eigenvalue weighted by atomic mass is 19.4. The Bertz CT molecular complexity index is 752. The molecule has 1 aromatic carbocycles. The Labute approximate surface area is 150 Å². The number of hydrogen-bond acceptors (Lipinski definition) is 3. The minimum absolute atomic E-state index is 0.108. The van der Waals surface area contributed by atoms with E-state index in [1.165, 1.54) is 12.1 Å². The van der Waals surface area contributed by atoms with E-state index in [0.29, 0.717) is 18.6 Å². The van der Waals surface area contributed by atoms with Crippen LogP contribution in [0.3, 0.4) is 0 Å². The monoisotopic (exact) mass is 369 g/mol. The number of carbonyl (C=O) groups excluding carboxylic acids is 1. The van der Waals surface area contributed by atoms with Gasteiger partial charge >= 0.3 is 6.18 Å². The van der Waals surface area contributed by atoms with Crippen LogP contribution in [0.25, 0.3) is 0 Å². The van der Waals surface area contributed by atoms with E-state index in [1.54, 1.807) is 4.68 Å². The van der Waals surface area contributed by atoms with Crippen molar-refractivity contribution in [1.82, 2.24) is 15.1 Å². The lowest BCUT2D eigenvalue weighted by atomic mass is 10.1. The van der Waals surface area contributed by atoms with Crippen LogP contribution in [0.2, 0.25) is 0 Å². The van der Waals surface area contributed by atoms with Gasteiger partial charge in [0.05, 0.1) is 17.8 Å². The van der Waals surface area contributed by atoms with Crippen molar-refractivity contribution in [3.05, 3.63) is 46.8 Å². The molecule has 1 aromatic heterocycles. The predicted octanol–water partition coefficient (Wildman–Crippen LogP) is 3.18. The molecule has 0 bridgehead atoms. The minimum atomic E-state index is -4.36. The van der Waals surface area contributed by atoms with Crippen LogP contribution in [0.15, 0.2) is 24.3 Å². The summed E-state index contributed by atoms with van der Waals surface area (Å²) in [5.41, 5.74) is 2.31. The van der Waals surface area contributed by atoms with Crippen molar-refractivity contribution in [1.29, 1.82) is 0 Å². The Kier molecular flexibility index (Phi) is 6.28. The number of nitrogens with one attached hydrogen (secondary N) is 1. The van der Waals surface area contributed by atoms with Crippen molar-refractivity contribution in [3.8, 4) is 5.75 Å². The van der Waals surface area contributed by atoms with Gasteiger partial charge in [-0.05, 0) is 50.1 Å². The molecule has 0 aliphatic rings. The molecule has 142 valence electrons. The molecule has 8 heteroatoms. The van der Waals surface area contributed by atoms with Crippen molar-refractivity contribution in [2.75, 3.05) is 13.2 Å². The fraction of sp³-hybridized carbons (Fsp3) is 0.444. The Balaban J connectivity index is 1.70. The Morgan fingerprint density at radius 1 is 1.23 bits per heavy atom. The lowest BCUT2D eigenvalue weighted by molar-refractivity contribution is -0.137. The molecule has 2 aromatic rings. The number of aromatic nitrogens is 2. The zero-order chi connectivity index (χ0) is 19.3. The number of benzene rings is 1. The second kappa shape index (κ2) is 8.25. The van der Waals surface area contributed by atoms with E-state index in [0.717, 1.165) is 29.1 Å². The Hall–Kier alpha value is -2.51. The van der Waals surface area contributed by atoms with Gasteiger partial charge in [0.2, 0.25) is 5.91 Å². The lowest BCUT2D eigenvalue weighted by Crippen LogP contribution is -2.28. The van der Waals surface area contributed by atoms with Crippen LogP contribution in [0.1, 0.15) is 28.9 Å². The number of halogens is 3. The number of amides is 1. The maximum Gasteiger partial charge on any atom is 0.416 e. The molecule has 1 heterocycles. The number of nitrogens with zero attached hydrogens (tertiary/aromatic N) is 2. The molecule has 0 saturated carbocycles. The topological polar surface area (TPSA) is 56.2 Å². The number of rotatable bonds is 7. The summed E-state index contributed by atoms with van der Waals surface area (Å²) in [5, 5.41) is 7.05. The zero-order valence-electron chi connectivity index (χ0n) is 15.0.